The summed E-state index contributed by atoms with van der Waals surface area (Å²) in [5.41, 5.74) is 8.18. The molecule has 0 radical (unpaired) electrons. The molecule has 1 aromatic carbocycles. The van der Waals surface area contributed by atoms with E-state index in [0.29, 0.717) is 6.42 Å². The number of aryl methyl sites for hydroxylation is 1. The second-order valence-electron chi connectivity index (χ2n) is 5.91. The van der Waals surface area contributed by atoms with E-state index in [4.69, 9.17) is 10.5 Å². The van der Waals surface area contributed by atoms with Gasteiger partial charge >= 0.3 is 5.97 Å². The molecule has 2 rings (SSSR count). The van der Waals surface area contributed by atoms with Crippen LogP contribution in [0.3, 0.4) is 0 Å². The van der Waals surface area contributed by atoms with Crippen molar-refractivity contribution in [2.24, 2.45) is 11.7 Å². The molecule has 1 fully saturated rings. The molecule has 0 aromatic heterocycles. The lowest BCUT2D eigenvalue weighted by molar-refractivity contribution is -0.142. The third-order valence-corrected chi connectivity index (χ3v) is 4.51. The summed E-state index contributed by atoms with van der Waals surface area (Å²) in [5.74, 6) is -0.281. The number of nitrogens with two attached hydrogens (primary N) is 1. The molecule has 3 nitrogen and oxygen atoms in total. The Morgan fingerprint density at radius 3 is 2.81 bits per heavy atom. The largest absolute Gasteiger partial charge is 0.469 e. The van der Waals surface area contributed by atoms with Gasteiger partial charge in [-0.1, -0.05) is 19.4 Å². The summed E-state index contributed by atoms with van der Waals surface area (Å²) >= 11 is 0. The lowest BCUT2D eigenvalue weighted by atomic mass is 9.71. The Hall–Kier alpha value is -1.42. The quantitative estimate of drug-likeness (QED) is 0.868. The van der Waals surface area contributed by atoms with Gasteiger partial charge in [-0.25, -0.2) is 4.39 Å². The first-order valence-electron chi connectivity index (χ1n) is 7.67. The first-order chi connectivity index (χ1) is 10.0. The Morgan fingerprint density at radius 2 is 2.14 bits per heavy atom. The van der Waals surface area contributed by atoms with Crippen LogP contribution < -0.4 is 5.73 Å². The fraction of sp³-hybridized carbons (Fsp3) is 0.588. The SMILES string of the molecule is CCc1cc(F)cc(C2C(N)CCCC2CC(=O)OC)c1. The van der Waals surface area contributed by atoms with Crippen molar-refractivity contribution >= 4 is 5.97 Å². The molecule has 2 N–H and O–H groups in total. The van der Waals surface area contributed by atoms with E-state index in [1.807, 2.05) is 13.0 Å². The fourth-order valence-electron chi connectivity index (χ4n) is 3.44. The molecular weight excluding hydrogens is 269 g/mol. The molecule has 0 amide bonds. The molecule has 1 aliphatic carbocycles. The molecule has 21 heavy (non-hydrogen) atoms. The minimum atomic E-state index is -0.223. The zero-order valence-corrected chi connectivity index (χ0v) is 12.8. The van der Waals surface area contributed by atoms with Crippen molar-refractivity contribution in [3.05, 3.63) is 35.1 Å². The molecule has 3 unspecified atom stereocenters. The van der Waals surface area contributed by atoms with E-state index >= 15 is 0 Å². The van der Waals surface area contributed by atoms with Crippen LogP contribution in [-0.2, 0) is 16.0 Å². The van der Waals surface area contributed by atoms with Crippen molar-refractivity contribution in [1.82, 2.24) is 0 Å². The number of hydrogen-bond donors (Lipinski definition) is 1. The molecule has 3 atom stereocenters. The summed E-state index contributed by atoms with van der Waals surface area (Å²) < 4.78 is 18.6. The molecular formula is C17H24FNO2. The van der Waals surface area contributed by atoms with E-state index in [1.165, 1.54) is 7.11 Å². The molecule has 1 aromatic rings. The van der Waals surface area contributed by atoms with Crippen LogP contribution >= 0.6 is 0 Å². The number of esters is 1. The number of hydrogen-bond acceptors (Lipinski definition) is 3. The van der Waals surface area contributed by atoms with Gasteiger partial charge in [0.15, 0.2) is 0 Å². The van der Waals surface area contributed by atoms with Crippen molar-refractivity contribution < 1.29 is 13.9 Å². The fourth-order valence-corrected chi connectivity index (χ4v) is 3.44. The summed E-state index contributed by atoms with van der Waals surface area (Å²) in [6.07, 6.45) is 4.00. The first kappa shape index (κ1) is 16.0. The molecule has 0 spiro atoms. The maximum atomic E-state index is 13.8. The first-order valence-corrected chi connectivity index (χ1v) is 7.67. The van der Waals surface area contributed by atoms with Gasteiger partial charge in [0.1, 0.15) is 5.82 Å². The number of methoxy groups -OCH3 is 1. The van der Waals surface area contributed by atoms with Gasteiger partial charge < -0.3 is 10.5 Å². The molecule has 0 heterocycles. The van der Waals surface area contributed by atoms with Crippen LogP contribution in [0.2, 0.25) is 0 Å². The van der Waals surface area contributed by atoms with Crippen molar-refractivity contribution in [3.63, 3.8) is 0 Å². The van der Waals surface area contributed by atoms with Crippen LogP contribution in [0.5, 0.6) is 0 Å². The maximum Gasteiger partial charge on any atom is 0.305 e. The van der Waals surface area contributed by atoms with Crippen LogP contribution in [-0.4, -0.2) is 19.1 Å². The summed E-state index contributed by atoms with van der Waals surface area (Å²) in [6.45, 7) is 2.01. The van der Waals surface area contributed by atoms with Gasteiger partial charge in [-0.2, -0.15) is 0 Å². The monoisotopic (exact) mass is 293 g/mol. The topological polar surface area (TPSA) is 52.3 Å². The van der Waals surface area contributed by atoms with Gasteiger partial charge in [0.05, 0.1) is 7.11 Å². The van der Waals surface area contributed by atoms with Crippen LogP contribution in [0.15, 0.2) is 18.2 Å². The highest BCUT2D eigenvalue weighted by Crippen LogP contribution is 2.39. The lowest BCUT2D eigenvalue weighted by Gasteiger charge is -2.36. The lowest BCUT2D eigenvalue weighted by Crippen LogP contribution is -2.38. The van der Waals surface area contributed by atoms with E-state index in [2.05, 4.69) is 0 Å². The van der Waals surface area contributed by atoms with Crippen LogP contribution in [0, 0.1) is 11.7 Å². The predicted octanol–water partition coefficient (Wildman–Crippen LogP) is 3.16. The van der Waals surface area contributed by atoms with Gasteiger partial charge in [-0.3, -0.25) is 4.79 Å². The van der Waals surface area contributed by atoms with Gasteiger partial charge in [-0.15, -0.1) is 0 Å². The van der Waals surface area contributed by atoms with E-state index in [1.54, 1.807) is 12.1 Å². The average Bonchev–Trinajstić information content (AvgIpc) is 2.46. The smallest absolute Gasteiger partial charge is 0.305 e. The van der Waals surface area contributed by atoms with Crippen LogP contribution in [0.1, 0.15) is 49.7 Å². The van der Waals surface area contributed by atoms with Crippen LogP contribution in [0.4, 0.5) is 4.39 Å². The zero-order chi connectivity index (χ0) is 15.4. The number of benzene rings is 1. The normalized spacial score (nSPS) is 25.6. The third-order valence-electron chi connectivity index (χ3n) is 4.51. The van der Waals surface area contributed by atoms with Gasteiger partial charge in [0.25, 0.3) is 0 Å². The minimum absolute atomic E-state index is 0.0267. The Balaban J connectivity index is 2.31. The highest BCUT2D eigenvalue weighted by molar-refractivity contribution is 5.69. The molecule has 116 valence electrons. The van der Waals surface area contributed by atoms with Gasteiger partial charge in [-0.05, 0) is 48.4 Å². The molecule has 0 aliphatic heterocycles. The summed E-state index contributed by atoms with van der Waals surface area (Å²) in [7, 11) is 1.40. The summed E-state index contributed by atoms with van der Waals surface area (Å²) in [4.78, 5) is 11.6. The number of carbonyl (C=O) groups excluding carboxylic acids is 1. The molecule has 1 saturated carbocycles. The zero-order valence-electron chi connectivity index (χ0n) is 12.8. The number of rotatable bonds is 4. The van der Waals surface area contributed by atoms with Crippen LogP contribution in [0.25, 0.3) is 0 Å². The van der Waals surface area contributed by atoms with Gasteiger partial charge in [0, 0.05) is 18.4 Å². The Labute approximate surface area is 125 Å². The minimum Gasteiger partial charge on any atom is -0.469 e. The average molecular weight is 293 g/mol. The summed E-state index contributed by atoms with van der Waals surface area (Å²) in [6, 6.07) is 5.13. The van der Waals surface area contributed by atoms with E-state index in [0.717, 1.165) is 36.8 Å². The third kappa shape index (κ3) is 3.82. The summed E-state index contributed by atoms with van der Waals surface area (Å²) in [5, 5.41) is 0. The second-order valence-corrected chi connectivity index (χ2v) is 5.91. The van der Waals surface area contributed by atoms with E-state index in [9.17, 15) is 9.18 Å². The standard InChI is InChI=1S/C17H24FNO2/c1-3-11-7-13(9-14(18)8-11)17-12(10-16(20)21-2)5-4-6-15(17)19/h7-9,12,15,17H,3-6,10,19H2,1-2H3. The van der Waals surface area contributed by atoms with Gasteiger partial charge in [0.2, 0.25) is 0 Å². The molecule has 0 bridgehead atoms. The van der Waals surface area contributed by atoms with Crippen molar-refractivity contribution in [2.45, 2.75) is 51.0 Å². The number of carbonyl (C=O) groups is 1. The van der Waals surface area contributed by atoms with Crippen molar-refractivity contribution in [1.29, 1.82) is 0 Å². The van der Waals surface area contributed by atoms with E-state index in [-0.39, 0.29) is 29.7 Å². The van der Waals surface area contributed by atoms with E-state index < -0.39 is 0 Å². The van der Waals surface area contributed by atoms with Crippen molar-refractivity contribution in [3.8, 4) is 0 Å². The number of ether oxygens (including phenoxy) is 1. The molecule has 4 heteroatoms. The maximum absolute atomic E-state index is 13.8. The molecule has 1 aliphatic rings. The predicted molar refractivity (Wildman–Crippen MR) is 80.5 cm³/mol. The second kappa shape index (κ2) is 7.03. The Bertz CT molecular complexity index is 504. The molecule has 0 saturated heterocycles. The Kier molecular flexibility index (Phi) is 5.34. The Morgan fingerprint density at radius 1 is 1.38 bits per heavy atom. The highest BCUT2D eigenvalue weighted by atomic mass is 19.1. The number of halogens is 1. The highest BCUT2D eigenvalue weighted by Gasteiger charge is 2.34. The van der Waals surface area contributed by atoms with Crippen molar-refractivity contribution in [2.75, 3.05) is 7.11 Å².